The molecule has 1 fully saturated rings. The molecule has 3 heteroatoms. The second-order valence-corrected chi connectivity index (χ2v) is 5.40. The Labute approximate surface area is 111 Å². The Bertz CT molecular complexity index is 336. The van der Waals surface area contributed by atoms with Crippen LogP contribution in [0, 0.1) is 0 Å². The van der Waals surface area contributed by atoms with E-state index in [2.05, 4.69) is 37.1 Å². The number of piperazine rings is 1. The molecule has 1 aliphatic heterocycles. The van der Waals surface area contributed by atoms with E-state index in [1.165, 1.54) is 12.8 Å². The molecular formula is C15H26N2O. The smallest absolute Gasteiger partial charge is 0.105 e. The number of rotatable bonds is 5. The quantitative estimate of drug-likeness (QED) is 0.871. The van der Waals surface area contributed by atoms with Crippen LogP contribution in [0.5, 0.6) is 0 Å². The Morgan fingerprint density at radius 2 is 2.28 bits per heavy atom. The maximum absolute atomic E-state index is 5.47. The maximum atomic E-state index is 5.47. The van der Waals surface area contributed by atoms with E-state index >= 15 is 0 Å². The Balaban J connectivity index is 1.98. The first-order chi connectivity index (χ1) is 8.74. The monoisotopic (exact) mass is 250 g/mol. The summed E-state index contributed by atoms with van der Waals surface area (Å²) in [6, 6.07) is 5.92. The molecule has 1 aliphatic rings. The number of hydrogen-bond acceptors (Lipinski definition) is 3. The third kappa shape index (κ3) is 3.15. The van der Waals surface area contributed by atoms with E-state index in [0.717, 1.165) is 25.3 Å². The molecule has 1 aromatic heterocycles. The molecule has 3 unspecified atom stereocenters. The van der Waals surface area contributed by atoms with Crippen molar-refractivity contribution in [1.29, 1.82) is 0 Å². The van der Waals surface area contributed by atoms with Crippen molar-refractivity contribution < 1.29 is 4.42 Å². The first kappa shape index (κ1) is 13.6. The van der Waals surface area contributed by atoms with Crippen molar-refractivity contribution in [3.63, 3.8) is 0 Å². The lowest BCUT2D eigenvalue weighted by atomic mass is 10.0. The molecule has 18 heavy (non-hydrogen) atoms. The Morgan fingerprint density at radius 1 is 1.44 bits per heavy atom. The Kier molecular flexibility index (Phi) is 4.84. The predicted octanol–water partition coefficient (Wildman–Crippen LogP) is 2.67. The average molecular weight is 250 g/mol. The van der Waals surface area contributed by atoms with Gasteiger partial charge in [0.2, 0.25) is 0 Å². The van der Waals surface area contributed by atoms with Gasteiger partial charge in [0.25, 0.3) is 0 Å². The van der Waals surface area contributed by atoms with Crippen molar-refractivity contribution in [2.45, 2.75) is 58.2 Å². The number of hydrogen-bond donors (Lipinski definition) is 1. The summed E-state index contributed by atoms with van der Waals surface area (Å²) in [6.07, 6.45) is 5.21. The van der Waals surface area contributed by atoms with Gasteiger partial charge in [0.05, 0.1) is 6.26 Å². The van der Waals surface area contributed by atoms with Gasteiger partial charge < -0.3 is 9.73 Å². The minimum Gasteiger partial charge on any atom is -0.469 e. The van der Waals surface area contributed by atoms with Gasteiger partial charge in [0, 0.05) is 37.6 Å². The molecule has 0 aliphatic carbocycles. The van der Waals surface area contributed by atoms with Crippen molar-refractivity contribution >= 4 is 0 Å². The fraction of sp³-hybridized carbons (Fsp3) is 0.733. The molecule has 0 bridgehead atoms. The molecule has 3 atom stereocenters. The van der Waals surface area contributed by atoms with Crippen molar-refractivity contribution in [3.8, 4) is 0 Å². The third-order valence-corrected chi connectivity index (χ3v) is 4.15. The van der Waals surface area contributed by atoms with Crippen LogP contribution < -0.4 is 5.32 Å². The SMILES string of the molecule is CCC1CN(C(C)Cc2ccco2)C(CC)CN1. The second kappa shape index (κ2) is 6.39. The van der Waals surface area contributed by atoms with E-state index in [9.17, 15) is 0 Å². The van der Waals surface area contributed by atoms with Gasteiger partial charge in [-0.3, -0.25) is 4.90 Å². The predicted molar refractivity (Wildman–Crippen MR) is 74.7 cm³/mol. The van der Waals surface area contributed by atoms with E-state index < -0.39 is 0 Å². The molecule has 0 saturated carbocycles. The number of furan rings is 1. The van der Waals surface area contributed by atoms with Crippen molar-refractivity contribution in [3.05, 3.63) is 24.2 Å². The van der Waals surface area contributed by atoms with Crippen LogP contribution in [-0.4, -0.2) is 36.1 Å². The number of nitrogens with zero attached hydrogens (tertiary/aromatic N) is 1. The summed E-state index contributed by atoms with van der Waals surface area (Å²) in [5.41, 5.74) is 0. The van der Waals surface area contributed by atoms with Crippen molar-refractivity contribution in [2.75, 3.05) is 13.1 Å². The fourth-order valence-corrected chi connectivity index (χ4v) is 2.92. The van der Waals surface area contributed by atoms with Crippen LogP contribution in [0.2, 0.25) is 0 Å². The summed E-state index contributed by atoms with van der Waals surface area (Å²) in [5, 5.41) is 3.65. The normalized spacial score (nSPS) is 27.3. The number of nitrogens with one attached hydrogen (secondary N) is 1. The van der Waals surface area contributed by atoms with E-state index in [4.69, 9.17) is 4.42 Å². The molecule has 1 N–H and O–H groups in total. The van der Waals surface area contributed by atoms with Gasteiger partial charge in [-0.2, -0.15) is 0 Å². The van der Waals surface area contributed by atoms with Crippen molar-refractivity contribution in [1.82, 2.24) is 10.2 Å². The molecule has 102 valence electrons. The van der Waals surface area contributed by atoms with Crippen LogP contribution >= 0.6 is 0 Å². The third-order valence-electron chi connectivity index (χ3n) is 4.15. The van der Waals surface area contributed by atoms with E-state index in [1.54, 1.807) is 6.26 Å². The summed E-state index contributed by atoms with van der Waals surface area (Å²) < 4.78 is 5.47. The summed E-state index contributed by atoms with van der Waals surface area (Å²) in [6.45, 7) is 9.15. The molecular weight excluding hydrogens is 224 g/mol. The zero-order valence-corrected chi connectivity index (χ0v) is 11.9. The van der Waals surface area contributed by atoms with Crippen LogP contribution in [0.25, 0.3) is 0 Å². The van der Waals surface area contributed by atoms with Crippen LogP contribution in [0.15, 0.2) is 22.8 Å². The summed E-state index contributed by atoms with van der Waals surface area (Å²) in [5.74, 6) is 1.10. The van der Waals surface area contributed by atoms with Gasteiger partial charge >= 0.3 is 0 Å². The molecule has 0 spiro atoms. The summed E-state index contributed by atoms with van der Waals surface area (Å²) in [7, 11) is 0. The second-order valence-electron chi connectivity index (χ2n) is 5.40. The lowest BCUT2D eigenvalue weighted by Crippen LogP contribution is -2.58. The average Bonchev–Trinajstić information content (AvgIpc) is 2.90. The van der Waals surface area contributed by atoms with Gasteiger partial charge in [-0.1, -0.05) is 13.8 Å². The highest BCUT2D eigenvalue weighted by atomic mass is 16.3. The van der Waals surface area contributed by atoms with Gasteiger partial charge in [-0.25, -0.2) is 0 Å². The molecule has 0 radical (unpaired) electrons. The Morgan fingerprint density at radius 3 is 2.89 bits per heavy atom. The van der Waals surface area contributed by atoms with Gasteiger partial charge in [0.15, 0.2) is 0 Å². The molecule has 0 amide bonds. The van der Waals surface area contributed by atoms with Crippen LogP contribution in [-0.2, 0) is 6.42 Å². The molecule has 3 nitrogen and oxygen atoms in total. The van der Waals surface area contributed by atoms with Gasteiger partial charge in [0.1, 0.15) is 5.76 Å². The summed E-state index contributed by atoms with van der Waals surface area (Å²) in [4.78, 5) is 2.66. The maximum Gasteiger partial charge on any atom is 0.105 e. The van der Waals surface area contributed by atoms with Crippen LogP contribution in [0.4, 0.5) is 0 Å². The molecule has 2 heterocycles. The lowest BCUT2D eigenvalue weighted by molar-refractivity contribution is 0.0827. The van der Waals surface area contributed by atoms with Crippen molar-refractivity contribution in [2.24, 2.45) is 0 Å². The summed E-state index contributed by atoms with van der Waals surface area (Å²) >= 11 is 0. The standard InChI is InChI=1S/C15H26N2O/c1-4-13-11-17(14(5-2)10-16-13)12(3)9-15-7-6-8-18-15/h6-8,12-14,16H,4-5,9-11H2,1-3H3. The molecule has 1 aromatic rings. The molecule has 2 rings (SSSR count). The zero-order chi connectivity index (χ0) is 13.0. The highest BCUT2D eigenvalue weighted by Gasteiger charge is 2.29. The van der Waals surface area contributed by atoms with Gasteiger partial charge in [-0.05, 0) is 31.9 Å². The molecule has 0 aromatic carbocycles. The first-order valence-corrected chi connectivity index (χ1v) is 7.26. The topological polar surface area (TPSA) is 28.4 Å². The van der Waals surface area contributed by atoms with E-state index in [1.807, 2.05) is 6.07 Å². The highest BCUT2D eigenvalue weighted by Crippen LogP contribution is 2.18. The van der Waals surface area contributed by atoms with E-state index in [-0.39, 0.29) is 0 Å². The van der Waals surface area contributed by atoms with Gasteiger partial charge in [-0.15, -0.1) is 0 Å². The fourth-order valence-electron chi connectivity index (χ4n) is 2.92. The minimum atomic E-state index is 0.553. The van der Waals surface area contributed by atoms with E-state index in [0.29, 0.717) is 18.1 Å². The largest absolute Gasteiger partial charge is 0.469 e. The lowest BCUT2D eigenvalue weighted by Gasteiger charge is -2.43. The molecule has 1 saturated heterocycles. The minimum absolute atomic E-state index is 0.553. The Hall–Kier alpha value is -0.800. The zero-order valence-electron chi connectivity index (χ0n) is 11.9. The van der Waals surface area contributed by atoms with Crippen LogP contribution in [0.1, 0.15) is 39.4 Å². The van der Waals surface area contributed by atoms with Crippen LogP contribution in [0.3, 0.4) is 0 Å². The highest BCUT2D eigenvalue weighted by molar-refractivity contribution is 5.01. The first-order valence-electron chi connectivity index (χ1n) is 7.26.